The first kappa shape index (κ1) is 20.9. The number of carbonyl (C=O) groups is 2. The number of carbonyl (C=O) groups excluding carboxylic acids is 2. The zero-order valence-electron chi connectivity index (χ0n) is 17.9. The Kier molecular flexibility index (Phi) is 5.75. The van der Waals surface area contributed by atoms with Crippen LogP contribution in [0.3, 0.4) is 0 Å². The van der Waals surface area contributed by atoms with E-state index < -0.39 is 0 Å². The molecule has 0 aliphatic heterocycles. The molecule has 0 saturated carbocycles. The summed E-state index contributed by atoms with van der Waals surface area (Å²) in [7, 11) is 1.76. The molecule has 10 heteroatoms. The average Bonchev–Trinajstić information content (AvgIpc) is 3.43. The highest BCUT2D eigenvalue weighted by molar-refractivity contribution is 6.08. The third kappa shape index (κ3) is 4.53. The number of rotatable bonds is 6. The van der Waals surface area contributed by atoms with Gasteiger partial charge < -0.3 is 15.2 Å². The lowest BCUT2D eigenvalue weighted by Crippen LogP contribution is -2.16. The van der Waals surface area contributed by atoms with Crippen LogP contribution in [0.1, 0.15) is 40.6 Å². The topological polar surface area (TPSA) is 120 Å². The predicted molar refractivity (Wildman–Crippen MR) is 119 cm³/mol. The first-order valence-electron chi connectivity index (χ1n) is 10.00. The summed E-state index contributed by atoms with van der Waals surface area (Å²) in [6, 6.07) is 13.6. The molecule has 0 radical (unpaired) electrons. The smallest absolute Gasteiger partial charge is 0.256 e. The highest BCUT2D eigenvalue weighted by Gasteiger charge is 2.15. The Bertz CT molecular complexity index is 1270. The van der Waals surface area contributed by atoms with Crippen molar-refractivity contribution in [2.45, 2.75) is 19.9 Å². The van der Waals surface area contributed by atoms with E-state index in [-0.39, 0.29) is 17.9 Å². The third-order valence-corrected chi connectivity index (χ3v) is 4.69. The summed E-state index contributed by atoms with van der Waals surface area (Å²) < 4.78 is 3.49. The standard InChI is InChI=1S/C22H22N8O2/c1-14(2)30-13-23-27-20(30)17-8-5-9-18(24-17)25-21(31)15-6-4-7-16(12-15)22(32)26-19-10-11-29(3)28-19/h4-14H,1-3H3,(H,24,25,31)(H,26,28,32). The molecule has 1 aromatic carbocycles. The number of hydrogen-bond donors (Lipinski definition) is 2. The summed E-state index contributed by atoms with van der Waals surface area (Å²) in [5.41, 5.74) is 1.27. The van der Waals surface area contributed by atoms with E-state index in [9.17, 15) is 9.59 Å². The number of benzene rings is 1. The van der Waals surface area contributed by atoms with Crippen LogP contribution in [0.15, 0.2) is 61.1 Å². The molecule has 32 heavy (non-hydrogen) atoms. The van der Waals surface area contributed by atoms with Gasteiger partial charge in [0.05, 0.1) is 0 Å². The van der Waals surface area contributed by atoms with Gasteiger partial charge in [0.1, 0.15) is 17.8 Å². The molecule has 3 aromatic heterocycles. The van der Waals surface area contributed by atoms with Crippen molar-refractivity contribution in [3.05, 3.63) is 72.2 Å². The Labute approximate surface area is 184 Å². The summed E-state index contributed by atoms with van der Waals surface area (Å²) >= 11 is 0. The van der Waals surface area contributed by atoms with Crippen molar-refractivity contribution in [3.63, 3.8) is 0 Å². The fourth-order valence-corrected chi connectivity index (χ4v) is 3.09. The SMILES string of the molecule is CC(C)n1cnnc1-c1cccc(NC(=O)c2cccc(C(=O)Nc3ccn(C)n3)c2)n1. The molecule has 3 heterocycles. The van der Waals surface area contributed by atoms with Crippen LogP contribution in [0.4, 0.5) is 11.6 Å². The van der Waals surface area contributed by atoms with Crippen LogP contribution in [0, 0.1) is 0 Å². The quantitative estimate of drug-likeness (QED) is 0.485. The number of aryl methyl sites for hydroxylation is 1. The molecular formula is C22H22N8O2. The third-order valence-electron chi connectivity index (χ3n) is 4.69. The first-order chi connectivity index (χ1) is 15.4. The van der Waals surface area contributed by atoms with Gasteiger partial charge in [-0.15, -0.1) is 10.2 Å². The van der Waals surface area contributed by atoms with E-state index in [1.54, 1.807) is 66.7 Å². The lowest BCUT2D eigenvalue weighted by Gasteiger charge is -2.11. The molecule has 2 N–H and O–H groups in total. The number of aromatic nitrogens is 6. The van der Waals surface area contributed by atoms with Gasteiger partial charge in [-0.3, -0.25) is 14.3 Å². The normalized spacial score (nSPS) is 10.9. The van der Waals surface area contributed by atoms with Crippen molar-refractivity contribution in [2.75, 3.05) is 10.6 Å². The molecule has 0 aliphatic carbocycles. The van der Waals surface area contributed by atoms with E-state index in [1.807, 2.05) is 18.4 Å². The Balaban J connectivity index is 1.50. The molecule has 0 atom stereocenters. The van der Waals surface area contributed by atoms with Crippen molar-refractivity contribution < 1.29 is 9.59 Å². The minimum Gasteiger partial charge on any atom is -0.310 e. The van der Waals surface area contributed by atoms with E-state index in [2.05, 4.69) is 30.9 Å². The minimum absolute atomic E-state index is 0.167. The number of pyridine rings is 1. The molecule has 0 saturated heterocycles. The van der Waals surface area contributed by atoms with Crippen LogP contribution in [-0.4, -0.2) is 41.3 Å². The summed E-state index contributed by atoms with van der Waals surface area (Å²) in [5, 5.41) is 17.7. The summed E-state index contributed by atoms with van der Waals surface area (Å²) in [6.45, 7) is 4.05. The molecule has 0 bridgehead atoms. The first-order valence-corrected chi connectivity index (χ1v) is 10.00. The summed E-state index contributed by atoms with van der Waals surface area (Å²) in [5.74, 6) is 0.681. The Morgan fingerprint density at radius 1 is 0.938 bits per heavy atom. The largest absolute Gasteiger partial charge is 0.310 e. The van der Waals surface area contributed by atoms with E-state index in [0.29, 0.717) is 34.3 Å². The Hall–Kier alpha value is -4.34. The van der Waals surface area contributed by atoms with Crippen molar-refractivity contribution in [2.24, 2.45) is 7.05 Å². The van der Waals surface area contributed by atoms with Crippen molar-refractivity contribution in [1.29, 1.82) is 0 Å². The van der Waals surface area contributed by atoms with Crippen LogP contribution in [0.2, 0.25) is 0 Å². The van der Waals surface area contributed by atoms with Crippen LogP contribution < -0.4 is 10.6 Å². The molecule has 0 fully saturated rings. The maximum Gasteiger partial charge on any atom is 0.256 e. The Morgan fingerprint density at radius 2 is 1.62 bits per heavy atom. The maximum atomic E-state index is 12.8. The molecular weight excluding hydrogens is 408 g/mol. The molecule has 2 amide bonds. The van der Waals surface area contributed by atoms with Gasteiger partial charge in [-0.1, -0.05) is 12.1 Å². The van der Waals surface area contributed by atoms with Gasteiger partial charge in [0, 0.05) is 36.5 Å². The highest BCUT2D eigenvalue weighted by Crippen LogP contribution is 2.20. The van der Waals surface area contributed by atoms with Crippen molar-refractivity contribution >= 4 is 23.5 Å². The number of hydrogen-bond acceptors (Lipinski definition) is 6. The number of anilines is 2. The molecule has 0 spiro atoms. The number of nitrogens with zero attached hydrogens (tertiary/aromatic N) is 6. The zero-order valence-corrected chi connectivity index (χ0v) is 17.9. The number of amides is 2. The van der Waals surface area contributed by atoms with Crippen LogP contribution in [0.5, 0.6) is 0 Å². The highest BCUT2D eigenvalue weighted by atomic mass is 16.2. The molecule has 4 aromatic rings. The lowest BCUT2D eigenvalue weighted by molar-refractivity contribution is 0.102. The van der Waals surface area contributed by atoms with E-state index in [4.69, 9.17) is 0 Å². The van der Waals surface area contributed by atoms with Gasteiger partial charge in [-0.05, 0) is 44.2 Å². The van der Waals surface area contributed by atoms with E-state index >= 15 is 0 Å². The monoisotopic (exact) mass is 430 g/mol. The second kappa shape index (κ2) is 8.80. The fourth-order valence-electron chi connectivity index (χ4n) is 3.09. The van der Waals surface area contributed by atoms with E-state index in [1.165, 1.54) is 6.07 Å². The predicted octanol–water partition coefficient (Wildman–Crippen LogP) is 3.16. The average molecular weight is 430 g/mol. The molecule has 0 aliphatic rings. The van der Waals surface area contributed by atoms with Crippen LogP contribution >= 0.6 is 0 Å². The van der Waals surface area contributed by atoms with Crippen molar-refractivity contribution in [1.82, 2.24) is 29.5 Å². The second-order valence-corrected chi connectivity index (χ2v) is 7.43. The zero-order chi connectivity index (χ0) is 22.7. The van der Waals surface area contributed by atoms with Gasteiger partial charge in [0.15, 0.2) is 11.6 Å². The fraction of sp³-hybridized carbons (Fsp3) is 0.182. The number of nitrogens with one attached hydrogen (secondary N) is 2. The van der Waals surface area contributed by atoms with Crippen molar-refractivity contribution in [3.8, 4) is 11.5 Å². The van der Waals surface area contributed by atoms with Gasteiger partial charge in [-0.25, -0.2) is 4.98 Å². The van der Waals surface area contributed by atoms with Crippen LogP contribution in [0.25, 0.3) is 11.5 Å². The molecule has 0 unspecified atom stereocenters. The molecule has 162 valence electrons. The maximum absolute atomic E-state index is 12.8. The van der Waals surface area contributed by atoms with Gasteiger partial charge in [-0.2, -0.15) is 5.10 Å². The molecule has 4 rings (SSSR count). The summed E-state index contributed by atoms with van der Waals surface area (Å²) in [4.78, 5) is 29.8. The minimum atomic E-state index is -0.382. The summed E-state index contributed by atoms with van der Waals surface area (Å²) in [6.07, 6.45) is 3.37. The Morgan fingerprint density at radius 3 is 2.28 bits per heavy atom. The second-order valence-electron chi connectivity index (χ2n) is 7.43. The van der Waals surface area contributed by atoms with E-state index in [0.717, 1.165) is 0 Å². The van der Waals surface area contributed by atoms with Gasteiger partial charge in [0.2, 0.25) is 0 Å². The van der Waals surface area contributed by atoms with Gasteiger partial charge >= 0.3 is 0 Å². The lowest BCUT2D eigenvalue weighted by atomic mass is 10.1. The van der Waals surface area contributed by atoms with Crippen LogP contribution in [-0.2, 0) is 7.05 Å². The molecule has 10 nitrogen and oxygen atoms in total. The van der Waals surface area contributed by atoms with Gasteiger partial charge in [0.25, 0.3) is 11.8 Å².